The fourth-order valence-corrected chi connectivity index (χ4v) is 6.21. The molecule has 0 saturated heterocycles. The SMILES string of the molecule is CCCCCCCCCCCCCCCCCCCCCCCCCCCCOS(=O)(=O)c1ccccc1.[Ba+2].[H-].[H-]. The van der Waals surface area contributed by atoms with Crippen LogP contribution in [0.5, 0.6) is 0 Å². The van der Waals surface area contributed by atoms with Crippen LogP contribution in [0.4, 0.5) is 0 Å². The Hall–Kier alpha value is 0.701. The van der Waals surface area contributed by atoms with E-state index in [0.29, 0.717) is 0 Å². The molecule has 1 aromatic carbocycles. The molecule has 0 aliphatic carbocycles. The third-order valence-corrected chi connectivity index (χ3v) is 9.09. The van der Waals surface area contributed by atoms with Gasteiger partial charge in [0.15, 0.2) is 0 Å². The van der Waals surface area contributed by atoms with Gasteiger partial charge in [-0.1, -0.05) is 186 Å². The number of unbranched alkanes of at least 4 members (excludes halogenated alkanes) is 25. The number of benzene rings is 1. The predicted molar refractivity (Wildman–Crippen MR) is 173 cm³/mol. The van der Waals surface area contributed by atoms with Gasteiger partial charge in [-0.25, -0.2) is 0 Å². The average Bonchev–Trinajstić information content (AvgIpc) is 2.93. The van der Waals surface area contributed by atoms with Gasteiger partial charge in [0, 0.05) is 0 Å². The molecule has 5 heteroatoms. The molecule has 0 N–H and O–H groups in total. The van der Waals surface area contributed by atoms with Crippen LogP contribution in [0, 0.1) is 0 Å². The Bertz CT molecular complexity index is 720. The monoisotopic (exact) mass is 690 g/mol. The number of hydrogen-bond acceptors (Lipinski definition) is 3. The molecule has 0 saturated carbocycles. The van der Waals surface area contributed by atoms with Crippen molar-refractivity contribution in [3.05, 3.63) is 30.3 Å². The van der Waals surface area contributed by atoms with Crippen molar-refractivity contribution >= 4 is 59.0 Å². The summed E-state index contributed by atoms with van der Waals surface area (Å²) >= 11 is 0. The van der Waals surface area contributed by atoms with Gasteiger partial charge >= 0.3 is 48.9 Å². The normalized spacial score (nSPS) is 11.5. The summed E-state index contributed by atoms with van der Waals surface area (Å²) in [6, 6.07) is 8.41. The Morgan fingerprint density at radius 1 is 0.487 bits per heavy atom. The minimum atomic E-state index is -3.59. The Kier molecular flexibility index (Phi) is 30.7. The average molecular weight is 690 g/mol. The van der Waals surface area contributed by atoms with Crippen LogP contribution in [0.1, 0.15) is 177 Å². The summed E-state index contributed by atoms with van der Waals surface area (Å²) in [4.78, 5) is 0.245. The molecular formula is C34H64BaO3S. The van der Waals surface area contributed by atoms with Gasteiger partial charge in [0.1, 0.15) is 0 Å². The minimum Gasteiger partial charge on any atom is -1.00 e. The first-order chi connectivity index (χ1) is 18.7. The van der Waals surface area contributed by atoms with Crippen molar-refractivity contribution in [2.75, 3.05) is 6.61 Å². The van der Waals surface area contributed by atoms with Gasteiger partial charge in [-0.15, -0.1) is 0 Å². The van der Waals surface area contributed by atoms with Crippen molar-refractivity contribution in [2.24, 2.45) is 0 Å². The largest absolute Gasteiger partial charge is 2.00 e. The number of hydrogen-bond donors (Lipinski definition) is 0. The van der Waals surface area contributed by atoms with E-state index in [1.807, 2.05) is 0 Å². The zero-order valence-electron chi connectivity index (χ0n) is 27.8. The van der Waals surface area contributed by atoms with E-state index in [1.54, 1.807) is 30.3 Å². The Morgan fingerprint density at radius 2 is 0.769 bits per heavy atom. The summed E-state index contributed by atoms with van der Waals surface area (Å²) in [5, 5.41) is 0. The van der Waals surface area contributed by atoms with Gasteiger partial charge in [-0.3, -0.25) is 4.18 Å². The molecule has 0 atom stereocenters. The quantitative estimate of drug-likeness (QED) is 0.0478. The molecule has 0 spiro atoms. The second-order valence-corrected chi connectivity index (χ2v) is 13.0. The molecule has 0 radical (unpaired) electrons. The number of rotatable bonds is 29. The van der Waals surface area contributed by atoms with E-state index >= 15 is 0 Å². The summed E-state index contributed by atoms with van der Waals surface area (Å²) in [6.45, 7) is 2.58. The van der Waals surface area contributed by atoms with Gasteiger partial charge in [-0.2, -0.15) is 8.42 Å². The molecule has 0 bridgehead atoms. The second-order valence-electron chi connectivity index (χ2n) is 11.4. The summed E-state index contributed by atoms with van der Waals surface area (Å²) in [6.07, 6.45) is 35.7. The Labute approximate surface area is 287 Å². The summed E-state index contributed by atoms with van der Waals surface area (Å²) in [5.41, 5.74) is 0. The van der Waals surface area contributed by atoms with Crippen LogP contribution < -0.4 is 0 Å². The van der Waals surface area contributed by atoms with Crippen molar-refractivity contribution in [2.45, 2.75) is 179 Å². The molecule has 0 aliphatic rings. The first-order valence-corrected chi connectivity index (χ1v) is 18.0. The molecule has 3 nitrogen and oxygen atoms in total. The molecule has 0 heterocycles. The standard InChI is InChI=1S/C34H62O3S.Ba.2H/c1-2-3-4-5-6-7-8-9-10-11-12-13-14-15-16-17-18-19-20-21-22-23-24-25-26-30-33-37-38(35,36)34-31-28-27-29-32-34;;;/h27-29,31-32H,2-26,30,33H2,1H3;;;/q;+2;2*-1. The van der Waals surface area contributed by atoms with Crippen LogP contribution in [0.2, 0.25) is 0 Å². The van der Waals surface area contributed by atoms with E-state index in [0.717, 1.165) is 12.8 Å². The maximum absolute atomic E-state index is 12.1. The van der Waals surface area contributed by atoms with Gasteiger partial charge in [0.2, 0.25) is 0 Å². The fraction of sp³-hybridized carbons (Fsp3) is 0.824. The fourth-order valence-electron chi connectivity index (χ4n) is 5.24. The first-order valence-electron chi connectivity index (χ1n) is 16.6. The van der Waals surface area contributed by atoms with Crippen LogP contribution in [0.3, 0.4) is 0 Å². The van der Waals surface area contributed by atoms with E-state index in [4.69, 9.17) is 4.18 Å². The first kappa shape index (κ1) is 39.7. The molecule has 0 fully saturated rings. The van der Waals surface area contributed by atoms with Gasteiger partial charge in [0.25, 0.3) is 10.1 Å². The Morgan fingerprint density at radius 3 is 1.08 bits per heavy atom. The van der Waals surface area contributed by atoms with Crippen LogP contribution >= 0.6 is 0 Å². The van der Waals surface area contributed by atoms with Crippen molar-refractivity contribution < 1.29 is 15.5 Å². The molecule has 39 heavy (non-hydrogen) atoms. The molecule has 0 unspecified atom stereocenters. The van der Waals surface area contributed by atoms with E-state index in [2.05, 4.69) is 6.92 Å². The third kappa shape index (κ3) is 26.1. The van der Waals surface area contributed by atoms with E-state index in [1.165, 1.54) is 154 Å². The zero-order chi connectivity index (χ0) is 27.4. The van der Waals surface area contributed by atoms with E-state index < -0.39 is 10.1 Å². The van der Waals surface area contributed by atoms with Crippen molar-refractivity contribution in [3.8, 4) is 0 Å². The maximum atomic E-state index is 12.1. The molecular weight excluding hydrogens is 626 g/mol. The predicted octanol–water partition coefficient (Wildman–Crippen LogP) is 11.4. The molecule has 1 rings (SSSR count). The van der Waals surface area contributed by atoms with Gasteiger partial charge in [0.05, 0.1) is 11.5 Å². The van der Waals surface area contributed by atoms with Gasteiger partial charge < -0.3 is 2.85 Å². The molecule has 0 aromatic heterocycles. The molecule has 1 aromatic rings. The zero-order valence-corrected chi connectivity index (χ0v) is 31.1. The van der Waals surface area contributed by atoms with Crippen molar-refractivity contribution in [3.63, 3.8) is 0 Å². The minimum absolute atomic E-state index is 0. The third-order valence-electron chi connectivity index (χ3n) is 7.77. The van der Waals surface area contributed by atoms with Crippen molar-refractivity contribution in [1.29, 1.82) is 0 Å². The summed E-state index contributed by atoms with van der Waals surface area (Å²) in [5.74, 6) is 0. The molecule has 0 aliphatic heterocycles. The van der Waals surface area contributed by atoms with Gasteiger partial charge in [-0.05, 0) is 18.6 Å². The molecule has 0 amide bonds. The maximum Gasteiger partial charge on any atom is 2.00 e. The van der Waals surface area contributed by atoms with Crippen molar-refractivity contribution in [1.82, 2.24) is 0 Å². The molecule has 226 valence electrons. The van der Waals surface area contributed by atoms with Crippen LogP contribution in [0.15, 0.2) is 35.2 Å². The topological polar surface area (TPSA) is 43.4 Å². The van der Waals surface area contributed by atoms with E-state index in [9.17, 15) is 8.42 Å². The summed E-state index contributed by atoms with van der Waals surface area (Å²) in [7, 11) is -3.59. The van der Waals surface area contributed by atoms with Crippen LogP contribution in [-0.2, 0) is 14.3 Å². The van der Waals surface area contributed by atoms with Crippen LogP contribution in [0.25, 0.3) is 0 Å². The Balaban J connectivity index is -0.00000481. The smallest absolute Gasteiger partial charge is 1.00 e. The van der Waals surface area contributed by atoms with E-state index in [-0.39, 0.29) is 63.2 Å². The summed E-state index contributed by atoms with van der Waals surface area (Å²) < 4.78 is 29.2. The van der Waals surface area contributed by atoms with Crippen LogP contribution in [-0.4, -0.2) is 63.9 Å². The second kappa shape index (κ2) is 30.2.